The number of urea groups is 1. The van der Waals surface area contributed by atoms with Gasteiger partial charge in [0.05, 0.1) is 17.9 Å². The monoisotopic (exact) mass is 395 g/mol. The summed E-state index contributed by atoms with van der Waals surface area (Å²) in [6, 6.07) is 15.9. The van der Waals surface area contributed by atoms with Gasteiger partial charge in [-0.2, -0.15) is 0 Å². The van der Waals surface area contributed by atoms with Gasteiger partial charge in [0.15, 0.2) is 0 Å². The Morgan fingerprint density at radius 1 is 0.966 bits per heavy atom. The fourth-order valence-corrected chi connectivity index (χ4v) is 3.28. The molecule has 1 saturated heterocycles. The lowest BCUT2D eigenvalue weighted by Gasteiger charge is -2.31. The molecule has 1 fully saturated rings. The molecule has 7 nitrogen and oxygen atoms in total. The maximum atomic E-state index is 12.7. The van der Waals surface area contributed by atoms with Gasteiger partial charge >= 0.3 is 12.0 Å². The zero-order valence-corrected chi connectivity index (χ0v) is 16.4. The Bertz CT molecular complexity index is 861. The molecule has 0 atom stereocenters. The first-order valence-corrected chi connectivity index (χ1v) is 9.76. The van der Waals surface area contributed by atoms with Crippen LogP contribution in [0.5, 0.6) is 0 Å². The lowest BCUT2D eigenvalue weighted by atomic mass is 9.96. The molecule has 0 aromatic heterocycles. The van der Waals surface area contributed by atoms with E-state index in [0.29, 0.717) is 37.2 Å². The number of amides is 3. The summed E-state index contributed by atoms with van der Waals surface area (Å²) in [5.74, 6) is -0.827. The van der Waals surface area contributed by atoms with E-state index in [1.807, 2.05) is 30.3 Å². The molecule has 0 spiro atoms. The van der Waals surface area contributed by atoms with Crippen molar-refractivity contribution in [2.75, 3.05) is 30.3 Å². The molecule has 29 heavy (non-hydrogen) atoms. The Balaban J connectivity index is 1.54. The Kier molecular flexibility index (Phi) is 6.84. The van der Waals surface area contributed by atoms with E-state index in [0.717, 1.165) is 5.69 Å². The van der Waals surface area contributed by atoms with E-state index >= 15 is 0 Å². The van der Waals surface area contributed by atoms with Crippen molar-refractivity contribution in [1.29, 1.82) is 0 Å². The number of likely N-dealkylation sites (tertiary alicyclic amines) is 1. The summed E-state index contributed by atoms with van der Waals surface area (Å²) < 4.78 is 5.04. The quantitative estimate of drug-likeness (QED) is 0.755. The van der Waals surface area contributed by atoms with Crippen LogP contribution in [0.15, 0.2) is 54.6 Å². The summed E-state index contributed by atoms with van der Waals surface area (Å²) in [6.07, 6.45) is 1.13. The SMILES string of the molecule is CCOC(=O)c1ccccc1NC(=O)C1CCN(C(=O)Nc2ccccc2)CC1. The van der Waals surface area contributed by atoms with Crippen LogP contribution in [0.25, 0.3) is 0 Å². The Labute approximate surface area is 170 Å². The van der Waals surface area contributed by atoms with Gasteiger partial charge in [-0.25, -0.2) is 9.59 Å². The number of carbonyl (C=O) groups is 3. The van der Waals surface area contributed by atoms with Crippen molar-refractivity contribution in [2.45, 2.75) is 19.8 Å². The number of nitrogens with zero attached hydrogens (tertiary/aromatic N) is 1. The predicted octanol–water partition coefficient (Wildman–Crippen LogP) is 3.75. The van der Waals surface area contributed by atoms with Crippen LogP contribution >= 0.6 is 0 Å². The number of para-hydroxylation sites is 2. The van der Waals surface area contributed by atoms with Crippen LogP contribution in [-0.2, 0) is 9.53 Å². The van der Waals surface area contributed by atoms with Crippen molar-refractivity contribution in [3.8, 4) is 0 Å². The number of nitrogens with one attached hydrogen (secondary N) is 2. The second kappa shape index (κ2) is 9.73. The maximum absolute atomic E-state index is 12.7. The minimum atomic E-state index is -0.462. The molecule has 152 valence electrons. The van der Waals surface area contributed by atoms with Gasteiger partial charge in [0.1, 0.15) is 0 Å². The van der Waals surface area contributed by atoms with E-state index in [9.17, 15) is 14.4 Å². The van der Waals surface area contributed by atoms with Gasteiger partial charge < -0.3 is 20.3 Å². The number of benzene rings is 2. The van der Waals surface area contributed by atoms with Gasteiger partial charge in [0.25, 0.3) is 0 Å². The standard InChI is InChI=1S/C22H25N3O4/c1-2-29-21(27)18-10-6-7-11-19(18)24-20(26)16-12-14-25(15-13-16)22(28)23-17-8-4-3-5-9-17/h3-11,16H,2,12-15H2,1H3,(H,23,28)(H,24,26). The smallest absolute Gasteiger partial charge is 0.340 e. The Morgan fingerprint density at radius 3 is 2.31 bits per heavy atom. The second-order valence-corrected chi connectivity index (χ2v) is 6.81. The second-order valence-electron chi connectivity index (χ2n) is 6.81. The summed E-state index contributed by atoms with van der Waals surface area (Å²) in [4.78, 5) is 38.8. The van der Waals surface area contributed by atoms with Crippen molar-refractivity contribution < 1.29 is 19.1 Å². The molecule has 1 aliphatic heterocycles. The van der Waals surface area contributed by atoms with E-state index in [-0.39, 0.29) is 24.5 Å². The Morgan fingerprint density at radius 2 is 1.62 bits per heavy atom. The average Bonchev–Trinajstić information content (AvgIpc) is 2.75. The fraction of sp³-hybridized carbons (Fsp3) is 0.318. The van der Waals surface area contributed by atoms with E-state index in [1.165, 1.54) is 0 Å². The molecule has 0 aliphatic carbocycles. The molecule has 2 N–H and O–H groups in total. The third kappa shape index (κ3) is 5.34. The van der Waals surface area contributed by atoms with E-state index in [4.69, 9.17) is 4.74 Å². The third-order valence-electron chi connectivity index (χ3n) is 4.86. The van der Waals surface area contributed by atoms with E-state index < -0.39 is 5.97 Å². The van der Waals surface area contributed by atoms with Crippen LogP contribution in [-0.4, -0.2) is 42.5 Å². The summed E-state index contributed by atoms with van der Waals surface area (Å²) in [5.41, 5.74) is 1.52. The van der Waals surface area contributed by atoms with E-state index in [1.54, 1.807) is 36.1 Å². The lowest BCUT2D eigenvalue weighted by Crippen LogP contribution is -2.43. The van der Waals surface area contributed by atoms with Crippen LogP contribution in [0.1, 0.15) is 30.1 Å². The summed E-state index contributed by atoms with van der Waals surface area (Å²) >= 11 is 0. The lowest BCUT2D eigenvalue weighted by molar-refractivity contribution is -0.121. The molecular weight excluding hydrogens is 370 g/mol. The molecule has 1 heterocycles. The van der Waals surface area contributed by atoms with Crippen molar-refractivity contribution >= 4 is 29.3 Å². The van der Waals surface area contributed by atoms with Crippen molar-refractivity contribution in [2.24, 2.45) is 5.92 Å². The first kappa shape index (κ1) is 20.4. The largest absolute Gasteiger partial charge is 0.462 e. The van der Waals surface area contributed by atoms with Gasteiger partial charge in [-0.05, 0) is 44.0 Å². The van der Waals surface area contributed by atoms with Gasteiger partial charge in [0.2, 0.25) is 5.91 Å². The number of ether oxygens (including phenoxy) is 1. The number of esters is 1. The van der Waals surface area contributed by atoms with Crippen LogP contribution in [0.4, 0.5) is 16.2 Å². The van der Waals surface area contributed by atoms with Crippen LogP contribution < -0.4 is 10.6 Å². The number of hydrogen-bond acceptors (Lipinski definition) is 4. The highest BCUT2D eigenvalue weighted by Crippen LogP contribution is 2.22. The van der Waals surface area contributed by atoms with Crippen molar-refractivity contribution in [1.82, 2.24) is 4.90 Å². The van der Waals surface area contributed by atoms with Crippen LogP contribution in [0.2, 0.25) is 0 Å². The van der Waals surface area contributed by atoms with Gasteiger partial charge in [-0.3, -0.25) is 4.79 Å². The molecule has 7 heteroatoms. The zero-order chi connectivity index (χ0) is 20.6. The number of anilines is 2. The molecular formula is C22H25N3O4. The maximum Gasteiger partial charge on any atom is 0.340 e. The summed E-state index contributed by atoms with van der Waals surface area (Å²) in [6.45, 7) is 3.00. The average molecular weight is 395 g/mol. The number of piperidine rings is 1. The minimum Gasteiger partial charge on any atom is -0.462 e. The highest BCUT2D eigenvalue weighted by molar-refractivity contribution is 6.02. The first-order chi connectivity index (χ1) is 14.1. The Hall–Kier alpha value is -3.35. The molecule has 1 aliphatic rings. The minimum absolute atomic E-state index is 0.148. The molecule has 3 amide bonds. The molecule has 0 saturated carbocycles. The van der Waals surface area contributed by atoms with Crippen LogP contribution in [0.3, 0.4) is 0 Å². The van der Waals surface area contributed by atoms with Crippen LogP contribution in [0, 0.1) is 5.92 Å². The highest BCUT2D eigenvalue weighted by Gasteiger charge is 2.28. The van der Waals surface area contributed by atoms with Gasteiger partial charge in [0, 0.05) is 24.7 Å². The molecule has 0 radical (unpaired) electrons. The zero-order valence-electron chi connectivity index (χ0n) is 16.4. The molecule has 2 aromatic rings. The molecule has 0 bridgehead atoms. The molecule has 2 aromatic carbocycles. The highest BCUT2D eigenvalue weighted by atomic mass is 16.5. The van der Waals surface area contributed by atoms with Crippen molar-refractivity contribution in [3.05, 3.63) is 60.2 Å². The fourth-order valence-electron chi connectivity index (χ4n) is 3.28. The normalized spacial score (nSPS) is 14.2. The summed E-state index contributed by atoms with van der Waals surface area (Å²) in [7, 11) is 0. The number of hydrogen-bond donors (Lipinski definition) is 2. The first-order valence-electron chi connectivity index (χ1n) is 9.76. The number of rotatable bonds is 5. The predicted molar refractivity (Wildman–Crippen MR) is 111 cm³/mol. The van der Waals surface area contributed by atoms with Gasteiger partial charge in [-0.1, -0.05) is 30.3 Å². The molecule has 0 unspecified atom stereocenters. The molecule has 3 rings (SSSR count). The van der Waals surface area contributed by atoms with Crippen molar-refractivity contribution in [3.63, 3.8) is 0 Å². The van der Waals surface area contributed by atoms with E-state index in [2.05, 4.69) is 10.6 Å². The summed E-state index contributed by atoms with van der Waals surface area (Å²) in [5, 5.41) is 5.71. The number of carbonyl (C=O) groups excluding carboxylic acids is 3. The van der Waals surface area contributed by atoms with Gasteiger partial charge in [-0.15, -0.1) is 0 Å². The third-order valence-corrected chi connectivity index (χ3v) is 4.86. The topological polar surface area (TPSA) is 87.7 Å².